The highest BCUT2D eigenvalue weighted by atomic mass is 35.5. The molecule has 10 heteroatoms. The predicted molar refractivity (Wildman–Crippen MR) is 138 cm³/mol. The second-order valence-electron chi connectivity index (χ2n) is 8.12. The van der Waals surface area contributed by atoms with Gasteiger partial charge in [0.15, 0.2) is 23.2 Å². The summed E-state index contributed by atoms with van der Waals surface area (Å²) in [5.41, 5.74) is 2.51. The first kappa shape index (κ1) is 23.4. The number of halogens is 1. The van der Waals surface area contributed by atoms with Gasteiger partial charge in [-0.25, -0.2) is 19.1 Å². The first-order valence-corrected chi connectivity index (χ1v) is 11.6. The lowest BCUT2D eigenvalue weighted by molar-refractivity contribution is 0.483. The first-order chi connectivity index (χ1) is 17.4. The molecular formula is C26H22ClN5O4. The number of hydrogen-bond donors (Lipinski definition) is 1. The van der Waals surface area contributed by atoms with Crippen molar-refractivity contribution in [1.29, 1.82) is 0 Å². The minimum Gasteiger partial charge on any atom is -0.455 e. The third-order valence-electron chi connectivity index (χ3n) is 5.69. The Morgan fingerprint density at radius 2 is 1.83 bits per heavy atom. The summed E-state index contributed by atoms with van der Waals surface area (Å²) in [6.45, 7) is 4.06. The third kappa shape index (κ3) is 4.60. The molecule has 5 aromatic rings. The molecule has 0 saturated heterocycles. The monoisotopic (exact) mass is 503 g/mol. The van der Waals surface area contributed by atoms with Crippen LogP contribution in [0.25, 0.3) is 11.1 Å². The van der Waals surface area contributed by atoms with Crippen LogP contribution in [0.4, 0.5) is 11.6 Å². The van der Waals surface area contributed by atoms with Crippen molar-refractivity contribution >= 4 is 34.3 Å². The lowest BCUT2D eigenvalue weighted by atomic mass is 10.2. The Balaban J connectivity index is 1.46. The normalized spacial score (nSPS) is 11.1. The molecule has 0 fully saturated rings. The largest absolute Gasteiger partial charge is 0.455 e. The average molecular weight is 504 g/mol. The molecule has 3 aromatic carbocycles. The van der Waals surface area contributed by atoms with Crippen molar-refractivity contribution < 1.29 is 9.15 Å². The van der Waals surface area contributed by atoms with Crippen LogP contribution in [-0.2, 0) is 13.1 Å². The average Bonchev–Trinajstić information content (AvgIpc) is 3.35. The van der Waals surface area contributed by atoms with Crippen LogP contribution in [0.2, 0.25) is 5.02 Å². The highest BCUT2D eigenvalue weighted by Crippen LogP contribution is 2.32. The molecule has 5 rings (SSSR count). The van der Waals surface area contributed by atoms with Crippen molar-refractivity contribution in [1.82, 2.24) is 19.1 Å². The van der Waals surface area contributed by atoms with Crippen molar-refractivity contribution in [2.24, 2.45) is 0 Å². The number of anilines is 2. The maximum Gasteiger partial charge on any atom is 0.354 e. The molecule has 0 aliphatic rings. The second-order valence-corrected chi connectivity index (χ2v) is 8.56. The minimum absolute atomic E-state index is 0.144. The second kappa shape index (κ2) is 9.71. The summed E-state index contributed by atoms with van der Waals surface area (Å²) < 4.78 is 13.9. The summed E-state index contributed by atoms with van der Waals surface area (Å²) >= 11 is 6.00. The maximum absolute atomic E-state index is 13.1. The number of nitrogens with zero attached hydrogens (tertiary/aromatic N) is 4. The molecular weight excluding hydrogens is 482 g/mol. The van der Waals surface area contributed by atoms with Crippen molar-refractivity contribution in [2.75, 3.05) is 5.32 Å². The zero-order chi connectivity index (χ0) is 25.2. The van der Waals surface area contributed by atoms with Crippen LogP contribution in [0.3, 0.4) is 0 Å². The fraction of sp³-hybridized carbons (Fsp3) is 0.154. The number of ether oxygens (including phenoxy) is 1. The fourth-order valence-electron chi connectivity index (χ4n) is 3.84. The molecule has 1 N–H and O–H groups in total. The molecule has 0 saturated carbocycles. The Morgan fingerprint density at radius 1 is 1.03 bits per heavy atom. The zero-order valence-corrected chi connectivity index (χ0v) is 20.3. The fourth-order valence-corrected chi connectivity index (χ4v) is 3.97. The van der Waals surface area contributed by atoms with Gasteiger partial charge in [-0.05, 0) is 67.4 Å². The van der Waals surface area contributed by atoms with Gasteiger partial charge in [-0.1, -0.05) is 29.8 Å². The minimum atomic E-state index is -0.616. The van der Waals surface area contributed by atoms with Crippen LogP contribution >= 0.6 is 11.6 Å². The molecule has 0 aliphatic carbocycles. The van der Waals surface area contributed by atoms with Crippen molar-refractivity contribution in [2.45, 2.75) is 26.9 Å². The Labute approximate surface area is 210 Å². The van der Waals surface area contributed by atoms with Crippen molar-refractivity contribution in [3.8, 4) is 11.5 Å². The lowest BCUT2D eigenvalue weighted by Crippen LogP contribution is -2.42. The molecule has 0 bridgehead atoms. The first-order valence-electron chi connectivity index (χ1n) is 11.3. The zero-order valence-electron chi connectivity index (χ0n) is 19.6. The molecule has 0 spiro atoms. The van der Waals surface area contributed by atoms with E-state index in [0.29, 0.717) is 33.3 Å². The molecule has 182 valence electrons. The van der Waals surface area contributed by atoms with Gasteiger partial charge in [0.05, 0.1) is 6.54 Å². The Bertz CT molecular complexity index is 1670. The maximum atomic E-state index is 13.1. The van der Waals surface area contributed by atoms with Crippen LogP contribution in [0, 0.1) is 6.92 Å². The van der Waals surface area contributed by atoms with Gasteiger partial charge in [-0.3, -0.25) is 4.57 Å². The van der Waals surface area contributed by atoms with Crippen molar-refractivity contribution in [3.63, 3.8) is 0 Å². The summed E-state index contributed by atoms with van der Waals surface area (Å²) in [5, 5.41) is 3.72. The number of nitrogens with one attached hydrogen (secondary N) is 1. The Morgan fingerprint density at radius 3 is 2.58 bits per heavy atom. The molecule has 36 heavy (non-hydrogen) atoms. The van der Waals surface area contributed by atoms with Gasteiger partial charge >= 0.3 is 11.4 Å². The van der Waals surface area contributed by atoms with E-state index in [1.54, 1.807) is 31.2 Å². The molecule has 0 aliphatic heterocycles. The number of para-hydroxylation sites is 1. The van der Waals surface area contributed by atoms with Gasteiger partial charge in [0.1, 0.15) is 5.75 Å². The van der Waals surface area contributed by atoms with Crippen LogP contribution in [-0.4, -0.2) is 19.1 Å². The van der Waals surface area contributed by atoms with E-state index in [-0.39, 0.29) is 19.0 Å². The van der Waals surface area contributed by atoms with Gasteiger partial charge in [-0.2, -0.15) is 4.98 Å². The van der Waals surface area contributed by atoms with E-state index in [4.69, 9.17) is 20.8 Å². The molecule has 0 amide bonds. The number of oxazole rings is 1. The predicted octanol–water partition coefficient (Wildman–Crippen LogP) is 5.11. The van der Waals surface area contributed by atoms with Gasteiger partial charge in [-0.15, -0.1) is 0 Å². The number of benzene rings is 3. The van der Waals surface area contributed by atoms with E-state index >= 15 is 0 Å². The van der Waals surface area contributed by atoms with E-state index in [1.165, 1.54) is 11.0 Å². The molecule has 2 heterocycles. The molecule has 0 unspecified atom stereocenters. The number of aromatic nitrogens is 4. The summed E-state index contributed by atoms with van der Waals surface area (Å²) in [6, 6.07) is 18.1. The van der Waals surface area contributed by atoms with E-state index < -0.39 is 11.4 Å². The van der Waals surface area contributed by atoms with Gasteiger partial charge in [0.2, 0.25) is 5.95 Å². The third-order valence-corrected chi connectivity index (χ3v) is 5.95. The number of hydrogen-bond acceptors (Lipinski definition) is 7. The number of rotatable bonds is 7. The Hall–Kier alpha value is -4.37. The standard InChI is InChI=1S/C26H22ClN5O4/c1-3-31-25(33)30-24(32(26(31)34)14-17-7-9-18(27)10-8-17)29-19-11-12-20(16(2)13-19)36-22-6-4-5-21-23(22)28-15-35-21/h4-13,15H,3,14H2,1-2H3,(H,29,30,33). The van der Waals surface area contributed by atoms with Gasteiger partial charge < -0.3 is 14.5 Å². The Kier molecular flexibility index (Phi) is 6.30. The van der Waals surface area contributed by atoms with Crippen LogP contribution < -0.4 is 21.4 Å². The van der Waals surface area contributed by atoms with E-state index in [1.807, 2.05) is 43.3 Å². The summed E-state index contributed by atoms with van der Waals surface area (Å²) in [4.78, 5) is 33.9. The van der Waals surface area contributed by atoms with E-state index in [9.17, 15) is 9.59 Å². The molecule has 0 atom stereocenters. The number of fused-ring (bicyclic) bond motifs is 1. The van der Waals surface area contributed by atoms with Crippen LogP contribution in [0.1, 0.15) is 18.1 Å². The highest BCUT2D eigenvalue weighted by Gasteiger charge is 2.14. The van der Waals surface area contributed by atoms with Crippen LogP contribution in [0.5, 0.6) is 11.5 Å². The summed E-state index contributed by atoms with van der Waals surface area (Å²) in [6.07, 6.45) is 1.38. The molecule has 2 aromatic heterocycles. The summed E-state index contributed by atoms with van der Waals surface area (Å²) in [5.74, 6) is 1.35. The number of aryl methyl sites for hydroxylation is 1. The highest BCUT2D eigenvalue weighted by molar-refractivity contribution is 6.30. The van der Waals surface area contributed by atoms with Gasteiger partial charge in [0.25, 0.3) is 0 Å². The molecule has 0 radical (unpaired) electrons. The SMILES string of the molecule is CCn1c(=O)nc(Nc2ccc(Oc3cccc4ocnc34)c(C)c2)n(Cc2ccc(Cl)cc2)c1=O. The smallest absolute Gasteiger partial charge is 0.354 e. The quantitative estimate of drug-likeness (QED) is 0.329. The van der Waals surface area contributed by atoms with E-state index in [2.05, 4.69) is 15.3 Å². The summed E-state index contributed by atoms with van der Waals surface area (Å²) in [7, 11) is 0. The molecule has 9 nitrogen and oxygen atoms in total. The van der Waals surface area contributed by atoms with E-state index in [0.717, 1.165) is 15.7 Å². The van der Waals surface area contributed by atoms with Crippen molar-refractivity contribution in [3.05, 3.63) is 104 Å². The van der Waals surface area contributed by atoms with Crippen LogP contribution in [0.15, 0.2) is 81.1 Å². The topological polar surface area (TPSA) is 104 Å². The lowest BCUT2D eigenvalue weighted by Gasteiger charge is -2.16. The van der Waals surface area contributed by atoms with Gasteiger partial charge in [0, 0.05) is 17.3 Å².